The highest BCUT2D eigenvalue weighted by Gasteiger charge is 2.22. The molecule has 0 spiro atoms. The second kappa shape index (κ2) is 10.8. The van der Waals surface area contributed by atoms with E-state index in [9.17, 15) is 13.2 Å². The molecule has 1 aliphatic rings. The van der Waals surface area contributed by atoms with Crippen LogP contribution >= 0.6 is 0 Å². The van der Waals surface area contributed by atoms with Gasteiger partial charge in [-0.25, -0.2) is 13.2 Å². The van der Waals surface area contributed by atoms with Crippen molar-refractivity contribution in [2.24, 2.45) is 5.92 Å². The van der Waals surface area contributed by atoms with E-state index in [1.165, 1.54) is 0 Å². The smallest absolute Gasteiger partial charge is 0.167 e. The molecule has 1 fully saturated rings. The topological polar surface area (TPSA) is 18.5 Å². The number of ether oxygens (including phenoxy) is 2. The van der Waals surface area contributed by atoms with Crippen molar-refractivity contribution in [3.8, 4) is 22.6 Å². The summed E-state index contributed by atoms with van der Waals surface area (Å²) in [5, 5.41) is 0. The average Bonchev–Trinajstić information content (AvgIpc) is 2.87. The summed E-state index contributed by atoms with van der Waals surface area (Å²) in [7, 11) is 1.56. The molecular weight excluding hydrogens is 437 g/mol. The second-order valence-electron chi connectivity index (χ2n) is 8.65. The lowest BCUT2D eigenvalue weighted by Gasteiger charge is -2.27. The molecule has 0 radical (unpaired) electrons. The average molecular weight is 467 g/mol. The minimum atomic E-state index is -0.853. The van der Waals surface area contributed by atoms with Gasteiger partial charge in [0.05, 0.1) is 13.7 Å². The second-order valence-corrected chi connectivity index (χ2v) is 8.65. The highest BCUT2D eigenvalue weighted by Crippen LogP contribution is 2.38. The molecule has 5 heteroatoms. The van der Waals surface area contributed by atoms with Crippen LogP contribution in [0.1, 0.15) is 49.7 Å². The van der Waals surface area contributed by atoms with Crippen LogP contribution in [0.15, 0.2) is 60.7 Å². The van der Waals surface area contributed by atoms with Crippen LogP contribution in [0.5, 0.6) is 11.5 Å². The highest BCUT2D eigenvalue weighted by atomic mass is 19.2. The fourth-order valence-electron chi connectivity index (χ4n) is 4.61. The predicted octanol–water partition coefficient (Wildman–Crippen LogP) is 8.17. The lowest BCUT2D eigenvalue weighted by molar-refractivity contribution is 0.320. The van der Waals surface area contributed by atoms with Crippen molar-refractivity contribution in [3.63, 3.8) is 0 Å². The molecule has 3 aromatic carbocycles. The SMILES string of the molecule is CCOc1ccc(C2CCC(/C=C/c3ccc(-c4ccc(OC)cc4)c(F)c3F)CC2)cc1F. The van der Waals surface area contributed by atoms with E-state index in [2.05, 4.69) is 0 Å². The number of allylic oxidation sites excluding steroid dienone is 1. The number of hydrogen-bond donors (Lipinski definition) is 0. The van der Waals surface area contributed by atoms with Gasteiger partial charge in [0.1, 0.15) is 5.75 Å². The number of methoxy groups -OCH3 is 1. The zero-order chi connectivity index (χ0) is 24.1. The minimum absolute atomic E-state index is 0.223. The van der Waals surface area contributed by atoms with Crippen LogP contribution in [0.3, 0.4) is 0 Å². The summed E-state index contributed by atoms with van der Waals surface area (Å²) >= 11 is 0. The Morgan fingerprint density at radius 1 is 0.882 bits per heavy atom. The van der Waals surface area contributed by atoms with Gasteiger partial charge in [-0.15, -0.1) is 0 Å². The number of rotatable bonds is 7. The maximum atomic E-state index is 14.8. The third kappa shape index (κ3) is 5.30. The van der Waals surface area contributed by atoms with Crippen LogP contribution in [-0.2, 0) is 0 Å². The van der Waals surface area contributed by atoms with Crippen molar-refractivity contribution in [1.82, 2.24) is 0 Å². The third-order valence-electron chi connectivity index (χ3n) is 6.56. The molecule has 1 saturated carbocycles. The van der Waals surface area contributed by atoms with Gasteiger partial charge in [0.25, 0.3) is 0 Å². The van der Waals surface area contributed by atoms with Crippen LogP contribution in [0.25, 0.3) is 17.2 Å². The van der Waals surface area contributed by atoms with Gasteiger partial charge in [0, 0.05) is 11.1 Å². The van der Waals surface area contributed by atoms with E-state index in [1.807, 2.05) is 19.1 Å². The van der Waals surface area contributed by atoms with Gasteiger partial charge in [0.15, 0.2) is 23.2 Å². The zero-order valence-corrected chi connectivity index (χ0v) is 19.5. The third-order valence-corrected chi connectivity index (χ3v) is 6.56. The van der Waals surface area contributed by atoms with E-state index in [0.717, 1.165) is 31.2 Å². The zero-order valence-electron chi connectivity index (χ0n) is 19.5. The van der Waals surface area contributed by atoms with Gasteiger partial charge in [-0.05, 0) is 79.8 Å². The molecule has 2 nitrogen and oxygen atoms in total. The summed E-state index contributed by atoms with van der Waals surface area (Å²) < 4.78 is 54.1. The van der Waals surface area contributed by atoms with Crippen molar-refractivity contribution in [3.05, 3.63) is 89.3 Å². The summed E-state index contributed by atoms with van der Waals surface area (Å²) in [6.45, 7) is 2.26. The largest absolute Gasteiger partial charge is 0.497 e. The standard InChI is InChI=1S/C29H29F3O2/c1-3-34-27-17-13-23(18-26(27)30)20-7-4-19(5-8-20)6-9-22-12-16-25(29(32)28(22)31)21-10-14-24(33-2)15-11-21/h6,9-20H,3-5,7-8H2,1-2H3/b9-6+. The fraction of sp³-hybridized carbons (Fsp3) is 0.310. The molecular formula is C29H29F3O2. The van der Waals surface area contributed by atoms with Crippen molar-refractivity contribution < 1.29 is 22.6 Å². The summed E-state index contributed by atoms with van der Waals surface area (Å²) in [4.78, 5) is 0. The molecule has 0 atom stereocenters. The van der Waals surface area contributed by atoms with Crippen molar-refractivity contribution >= 4 is 6.08 Å². The maximum absolute atomic E-state index is 14.8. The van der Waals surface area contributed by atoms with Crippen LogP contribution in [0.2, 0.25) is 0 Å². The Hall–Kier alpha value is -3.21. The number of benzene rings is 3. The Morgan fingerprint density at radius 2 is 1.62 bits per heavy atom. The molecule has 1 aliphatic carbocycles. The van der Waals surface area contributed by atoms with Crippen molar-refractivity contribution in [2.75, 3.05) is 13.7 Å². The van der Waals surface area contributed by atoms with Crippen molar-refractivity contribution in [1.29, 1.82) is 0 Å². The summed E-state index contributed by atoms with van der Waals surface area (Å²) in [5.74, 6) is -0.490. The fourth-order valence-corrected chi connectivity index (χ4v) is 4.61. The maximum Gasteiger partial charge on any atom is 0.167 e. The lowest BCUT2D eigenvalue weighted by atomic mass is 9.78. The highest BCUT2D eigenvalue weighted by molar-refractivity contribution is 5.67. The van der Waals surface area contributed by atoms with Crippen LogP contribution in [0.4, 0.5) is 13.2 Å². The number of hydrogen-bond acceptors (Lipinski definition) is 2. The molecule has 0 saturated heterocycles. The summed E-state index contributed by atoms with van der Waals surface area (Å²) in [5.41, 5.74) is 2.05. The molecule has 0 unspecified atom stereocenters. The van der Waals surface area contributed by atoms with Gasteiger partial charge >= 0.3 is 0 Å². The van der Waals surface area contributed by atoms with E-state index in [0.29, 0.717) is 23.8 Å². The van der Waals surface area contributed by atoms with Gasteiger partial charge in [-0.1, -0.05) is 42.5 Å². The van der Waals surface area contributed by atoms with E-state index in [4.69, 9.17) is 9.47 Å². The Bertz CT molecular complexity index is 1150. The Kier molecular flexibility index (Phi) is 7.61. The van der Waals surface area contributed by atoms with Gasteiger partial charge < -0.3 is 9.47 Å². The molecule has 0 heterocycles. The Balaban J connectivity index is 1.40. The summed E-state index contributed by atoms with van der Waals surface area (Å²) in [6, 6.07) is 15.3. The first-order valence-electron chi connectivity index (χ1n) is 11.7. The molecule has 178 valence electrons. The first kappa shape index (κ1) is 23.9. The first-order valence-corrected chi connectivity index (χ1v) is 11.7. The summed E-state index contributed by atoms with van der Waals surface area (Å²) in [6.07, 6.45) is 7.34. The van der Waals surface area contributed by atoms with E-state index in [-0.39, 0.29) is 28.6 Å². The molecule has 4 rings (SSSR count). The number of halogens is 3. The van der Waals surface area contributed by atoms with Gasteiger partial charge in [-0.3, -0.25) is 0 Å². The molecule has 0 amide bonds. The molecule has 0 bridgehead atoms. The van der Waals surface area contributed by atoms with Crippen LogP contribution in [0, 0.1) is 23.4 Å². The minimum Gasteiger partial charge on any atom is -0.497 e. The van der Waals surface area contributed by atoms with Crippen LogP contribution in [-0.4, -0.2) is 13.7 Å². The Morgan fingerprint density at radius 3 is 2.26 bits per heavy atom. The molecule has 0 N–H and O–H groups in total. The predicted molar refractivity (Wildman–Crippen MR) is 130 cm³/mol. The monoisotopic (exact) mass is 466 g/mol. The van der Waals surface area contributed by atoms with E-state index >= 15 is 0 Å². The van der Waals surface area contributed by atoms with E-state index < -0.39 is 11.6 Å². The lowest BCUT2D eigenvalue weighted by Crippen LogP contribution is -2.12. The van der Waals surface area contributed by atoms with Gasteiger partial charge in [0.2, 0.25) is 0 Å². The first-order chi connectivity index (χ1) is 16.5. The molecule has 34 heavy (non-hydrogen) atoms. The Labute approximate surface area is 199 Å². The molecule has 3 aromatic rings. The molecule has 0 aliphatic heterocycles. The normalized spacial score (nSPS) is 18.3. The van der Waals surface area contributed by atoms with Gasteiger partial charge in [-0.2, -0.15) is 0 Å². The van der Waals surface area contributed by atoms with Crippen molar-refractivity contribution in [2.45, 2.75) is 38.5 Å². The molecule has 0 aromatic heterocycles. The van der Waals surface area contributed by atoms with Crippen LogP contribution < -0.4 is 9.47 Å². The van der Waals surface area contributed by atoms with E-state index in [1.54, 1.807) is 61.7 Å². The quantitative estimate of drug-likeness (QED) is 0.350.